The van der Waals surface area contributed by atoms with Crippen LogP contribution >= 0.6 is 0 Å². The fourth-order valence-electron chi connectivity index (χ4n) is 2.59. The predicted molar refractivity (Wildman–Crippen MR) is 84.7 cm³/mol. The van der Waals surface area contributed by atoms with E-state index >= 15 is 0 Å². The van der Waals surface area contributed by atoms with Crippen molar-refractivity contribution >= 4 is 6.03 Å². The molecule has 0 heterocycles. The van der Waals surface area contributed by atoms with Crippen LogP contribution in [0.3, 0.4) is 0 Å². The number of amides is 2. The van der Waals surface area contributed by atoms with Crippen LogP contribution in [0, 0.1) is 5.92 Å². The molecule has 0 aliphatic heterocycles. The second kappa shape index (κ2) is 7.91. The van der Waals surface area contributed by atoms with Crippen molar-refractivity contribution in [3.8, 4) is 5.75 Å². The fraction of sp³-hybridized carbons (Fsp3) is 0.588. The first-order chi connectivity index (χ1) is 10.2. The highest BCUT2D eigenvalue weighted by Crippen LogP contribution is 2.25. The minimum Gasteiger partial charge on any atom is -0.494 e. The van der Waals surface area contributed by atoms with Crippen LogP contribution in [0.5, 0.6) is 5.75 Å². The molecular formula is C17H26N2O2. The zero-order valence-corrected chi connectivity index (χ0v) is 13.0. The van der Waals surface area contributed by atoms with Crippen molar-refractivity contribution < 1.29 is 9.53 Å². The summed E-state index contributed by atoms with van der Waals surface area (Å²) < 4.78 is 5.61. The van der Waals surface area contributed by atoms with Gasteiger partial charge in [-0.05, 0) is 49.3 Å². The maximum Gasteiger partial charge on any atom is 0.315 e. The Morgan fingerprint density at radius 3 is 2.90 bits per heavy atom. The lowest BCUT2D eigenvalue weighted by Crippen LogP contribution is -2.48. The molecule has 1 aliphatic rings. The number of carbonyl (C=O) groups excluding carboxylic acids is 1. The molecule has 1 saturated carbocycles. The summed E-state index contributed by atoms with van der Waals surface area (Å²) in [4.78, 5) is 11.7. The third-order valence-electron chi connectivity index (χ3n) is 3.78. The number of carbonyl (C=O) groups is 1. The zero-order chi connectivity index (χ0) is 15.1. The van der Waals surface area contributed by atoms with Gasteiger partial charge >= 0.3 is 6.03 Å². The molecule has 4 nitrogen and oxygen atoms in total. The normalized spacial score (nSPS) is 20.5. The van der Waals surface area contributed by atoms with E-state index in [1.807, 2.05) is 18.2 Å². The average molecular weight is 290 g/mol. The van der Waals surface area contributed by atoms with Crippen LogP contribution in [0.25, 0.3) is 0 Å². The molecule has 1 aromatic carbocycles. The molecule has 4 heteroatoms. The van der Waals surface area contributed by atoms with Crippen molar-refractivity contribution in [2.45, 2.75) is 45.6 Å². The van der Waals surface area contributed by atoms with Crippen molar-refractivity contribution in [1.29, 1.82) is 0 Å². The Morgan fingerprint density at radius 2 is 2.19 bits per heavy atom. The van der Waals surface area contributed by atoms with Crippen LogP contribution in [0.4, 0.5) is 4.79 Å². The first-order valence-corrected chi connectivity index (χ1v) is 7.93. The van der Waals surface area contributed by atoms with E-state index in [1.54, 1.807) is 0 Å². The second-order valence-electron chi connectivity index (χ2n) is 5.92. The summed E-state index contributed by atoms with van der Waals surface area (Å²) in [6.07, 6.45) is 4.03. The van der Waals surface area contributed by atoms with Crippen LogP contribution in [0.1, 0.15) is 38.7 Å². The number of benzene rings is 1. The third-order valence-corrected chi connectivity index (χ3v) is 3.78. The van der Waals surface area contributed by atoms with Gasteiger partial charge in [-0.25, -0.2) is 4.79 Å². The first-order valence-electron chi connectivity index (χ1n) is 7.93. The smallest absolute Gasteiger partial charge is 0.315 e. The summed E-state index contributed by atoms with van der Waals surface area (Å²) in [5.74, 6) is 1.66. The Bertz CT molecular complexity index is 456. The molecule has 2 rings (SSSR count). The topological polar surface area (TPSA) is 50.4 Å². The Morgan fingerprint density at radius 1 is 1.38 bits per heavy atom. The van der Waals surface area contributed by atoms with Gasteiger partial charge in [0.15, 0.2) is 0 Å². The standard InChI is InChI=1S/C17H26N2O2/c1-3-9-21-16-6-4-5-14(12-16)7-8-18-17(20)19-15-10-13(2)11-15/h4-6,12-13,15H,3,7-11H2,1-2H3,(H2,18,19,20). The SMILES string of the molecule is CCCOc1cccc(CCNC(=O)NC2CC(C)C2)c1. The highest BCUT2D eigenvalue weighted by atomic mass is 16.5. The Labute approximate surface area is 127 Å². The van der Waals surface area contributed by atoms with Gasteiger partial charge in [-0.3, -0.25) is 0 Å². The molecule has 0 saturated heterocycles. The summed E-state index contributed by atoms with van der Waals surface area (Å²) in [6.45, 7) is 5.69. The fourth-order valence-corrected chi connectivity index (χ4v) is 2.59. The number of urea groups is 1. The van der Waals surface area contributed by atoms with Gasteiger partial charge in [-0.2, -0.15) is 0 Å². The number of hydrogen-bond acceptors (Lipinski definition) is 2. The molecule has 1 aliphatic carbocycles. The van der Waals surface area contributed by atoms with E-state index in [2.05, 4.69) is 30.5 Å². The van der Waals surface area contributed by atoms with Gasteiger partial charge in [0.1, 0.15) is 5.75 Å². The lowest BCUT2D eigenvalue weighted by atomic mass is 9.82. The second-order valence-corrected chi connectivity index (χ2v) is 5.92. The highest BCUT2D eigenvalue weighted by molar-refractivity contribution is 5.74. The van der Waals surface area contributed by atoms with E-state index < -0.39 is 0 Å². The molecule has 116 valence electrons. The molecule has 0 atom stereocenters. The van der Waals surface area contributed by atoms with E-state index in [-0.39, 0.29) is 6.03 Å². The number of hydrogen-bond donors (Lipinski definition) is 2. The van der Waals surface area contributed by atoms with Crippen LogP contribution in [0.2, 0.25) is 0 Å². The Kier molecular flexibility index (Phi) is 5.90. The van der Waals surface area contributed by atoms with Crippen LogP contribution < -0.4 is 15.4 Å². The van der Waals surface area contributed by atoms with Gasteiger partial charge in [0.05, 0.1) is 6.61 Å². The molecule has 0 radical (unpaired) electrons. The molecule has 1 aromatic rings. The monoisotopic (exact) mass is 290 g/mol. The summed E-state index contributed by atoms with van der Waals surface area (Å²) in [5.41, 5.74) is 1.18. The van der Waals surface area contributed by atoms with Crippen LogP contribution in [0.15, 0.2) is 24.3 Å². The lowest BCUT2D eigenvalue weighted by Gasteiger charge is -2.33. The predicted octanol–water partition coefficient (Wildman–Crippen LogP) is 3.12. The summed E-state index contributed by atoms with van der Waals surface area (Å²) in [5, 5.41) is 5.91. The third kappa shape index (κ3) is 5.29. The number of rotatable bonds is 7. The van der Waals surface area contributed by atoms with E-state index in [0.29, 0.717) is 12.6 Å². The van der Waals surface area contributed by atoms with Crippen LogP contribution in [-0.2, 0) is 6.42 Å². The largest absolute Gasteiger partial charge is 0.494 e. The molecule has 21 heavy (non-hydrogen) atoms. The average Bonchev–Trinajstić information content (AvgIpc) is 2.44. The molecule has 0 bridgehead atoms. The molecule has 2 N–H and O–H groups in total. The van der Waals surface area contributed by atoms with Gasteiger partial charge in [0, 0.05) is 12.6 Å². The first kappa shape index (κ1) is 15.7. The Balaban J connectivity index is 1.66. The summed E-state index contributed by atoms with van der Waals surface area (Å²) >= 11 is 0. The van der Waals surface area contributed by atoms with Gasteiger partial charge in [-0.15, -0.1) is 0 Å². The Hall–Kier alpha value is -1.71. The van der Waals surface area contributed by atoms with E-state index in [1.165, 1.54) is 5.56 Å². The molecule has 0 aromatic heterocycles. The lowest BCUT2D eigenvalue weighted by molar-refractivity contribution is 0.210. The van der Waals surface area contributed by atoms with Crippen molar-refractivity contribution in [2.75, 3.05) is 13.2 Å². The molecule has 0 spiro atoms. The molecule has 2 amide bonds. The van der Waals surface area contributed by atoms with Crippen molar-refractivity contribution in [3.63, 3.8) is 0 Å². The minimum atomic E-state index is -0.0507. The zero-order valence-electron chi connectivity index (χ0n) is 13.0. The quantitative estimate of drug-likeness (QED) is 0.810. The number of nitrogens with one attached hydrogen (secondary N) is 2. The molecular weight excluding hydrogens is 264 g/mol. The van der Waals surface area contributed by atoms with Gasteiger partial charge in [0.2, 0.25) is 0 Å². The van der Waals surface area contributed by atoms with E-state index in [0.717, 1.165) is 44.0 Å². The van der Waals surface area contributed by atoms with Crippen molar-refractivity contribution in [1.82, 2.24) is 10.6 Å². The summed E-state index contributed by atoms with van der Waals surface area (Å²) in [7, 11) is 0. The van der Waals surface area contributed by atoms with Gasteiger partial charge in [-0.1, -0.05) is 26.0 Å². The van der Waals surface area contributed by atoms with E-state index in [9.17, 15) is 4.79 Å². The highest BCUT2D eigenvalue weighted by Gasteiger charge is 2.26. The molecule has 1 fully saturated rings. The van der Waals surface area contributed by atoms with E-state index in [4.69, 9.17) is 4.74 Å². The van der Waals surface area contributed by atoms with Gasteiger partial charge in [0.25, 0.3) is 0 Å². The minimum absolute atomic E-state index is 0.0507. The van der Waals surface area contributed by atoms with Crippen LogP contribution in [-0.4, -0.2) is 25.2 Å². The van der Waals surface area contributed by atoms with Gasteiger partial charge < -0.3 is 15.4 Å². The molecule has 0 unspecified atom stereocenters. The number of ether oxygens (including phenoxy) is 1. The summed E-state index contributed by atoms with van der Waals surface area (Å²) in [6, 6.07) is 8.39. The van der Waals surface area contributed by atoms with Crippen molar-refractivity contribution in [2.24, 2.45) is 5.92 Å². The maximum atomic E-state index is 11.7. The maximum absolute atomic E-state index is 11.7. The van der Waals surface area contributed by atoms with Crippen molar-refractivity contribution in [3.05, 3.63) is 29.8 Å².